The molecule has 0 spiro atoms. The van der Waals surface area contributed by atoms with Crippen molar-refractivity contribution in [3.63, 3.8) is 0 Å². The van der Waals surface area contributed by atoms with Crippen molar-refractivity contribution in [2.45, 2.75) is 19.4 Å². The predicted molar refractivity (Wildman–Crippen MR) is 99.5 cm³/mol. The third-order valence-electron chi connectivity index (χ3n) is 6.04. The van der Waals surface area contributed by atoms with Crippen LogP contribution in [-0.4, -0.2) is 84.7 Å². The molecule has 2 heterocycles. The molecule has 3 atom stereocenters. The molecule has 26 heavy (non-hydrogen) atoms. The van der Waals surface area contributed by atoms with Gasteiger partial charge in [-0.15, -0.1) is 0 Å². The first-order chi connectivity index (χ1) is 12.5. The second-order valence-electron chi connectivity index (χ2n) is 7.65. The Kier molecular flexibility index (Phi) is 6.27. The van der Waals surface area contributed by atoms with Gasteiger partial charge in [0.2, 0.25) is 0 Å². The Morgan fingerprint density at radius 3 is 2.62 bits per heavy atom. The lowest BCUT2D eigenvalue weighted by molar-refractivity contribution is 0.0591. The van der Waals surface area contributed by atoms with Crippen LogP contribution >= 0.6 is 0 Å². The van der Waals surface area contributed by atoms with Crippen molar-refractivity contribution < 1.29 is 14.3 Å². The van der Waals surface area contributed by atoms with E-state index in [1.807, 2.05) is 0 Å². The number of hydrogen-bond donors (Lipinski definition) is 1. The molecule has 0 unspecified atom stereocenters. The number of halogens is 1. The predicted octanol–water partition coefficient (Wildman–Crippen LogP) is 1.53. The first-order valence-electron chi connectivity index (χ1n) is 9.61. The lowest BCUT2D eigenvalue weighted by atomic mass is 9.88. The fourth-order valence-electron chi connectivity index (χ4n) is 4.35. The number of rotatable bonds is 5. The molecular weight excluding hydrogens is 333 g/mol. The van der Waals surface area contributed by atoms with E-state index >= 15 is 0 Å². The van der Waals surface area contributed by atoms with Crippen LogP contribution in [0, 0.1) is 17.7 Å². The molecular formula is C20H30FN3O2. The number of aliphatic hydroxyl groups is 1. The van der Waals surface area contributed by atoms with Gasteiger partial charge in [-0.25, -0.2) is 4.39 Å². The average Bonchev–Trinajstić information content (AvgIpc) is 3.00. The standard InChI is InChI=1S/C20H30FN3O2/c1-3-15-12-24(20(26)16-5-4-6-17(21)11-16)19(14-25)18(15)13-23-9-7-22(2)8-10-23/h4-6,11,15,18-19,25H,3,7-10,12-14H2,1-2H3/t15-,18-,19-/m1/s1. The molecule has 0 saturated carbocycles. The van der Waals surface area contributed by atoms with Gasteiger partial charge >= 0.3 is 0 Å². The summed E-state index contributed by atoms with van der Waals surface area (Å²) in [5.74, 6) is 0.0368. The van der Waals surface area contributed by atoms with Crippen LogP contribution in [-0.2, 0) is 0 Å². The first kappa shape index (κ1) is 19.3. The molecule has 2 aliphatic heterocycles. The van der Waals surface area contributed by atoms with Gasteiger partial charge in [0.05, 0.1) is 12.6 Å². The summed E-state index contributed by atoms with van der Waals surface area (Å²) >= 11 is 0. The van der Waals surface area contributed by atoms with Crippen LogP contribution in [0.3, 0.4) is 0 Å². The van der Waals surface area contributed by atoms with E-state index in [4.69, 9.17) is 0 Å². The van der Waals surface area contributed by atoms with E-state index in [1.54, 1.807) is 17.0 Å². The Labute approximate surface area is 155 Å². The first-order valence-corrected chi connectivity index (χ1v) is 9.61. The molecule has 2 fully saturated rings. The Hall–Kier alpha value is -1.50. The van der Waals surface area contributed by atoms with Crippen LogP contribution in [0.5, 0.6) is 0 Å². The summed E-state index contributed by atoms with van der Waals surface area (Å²) in [5, 5.41) is 10.0. The zero-order valence-corrected chi connectivity index (χ0v) is 15.8. The number of benzene rings is 1. The molecule has 1 aromatic rings. The molecule has 0 aromatic heterocycles. The number of likely N-dealkylation sites (tertiary alicyclic amines) is 1. The molecule has 1 aromatic carbocycles. The van der Waals surface area contributed by atoms with Crippen LogP contribution in [0.2, 0.25) is 0 Å². The lowest BCUT2D eigenvalue weighted by Gasteiger charge is -2.36. The van der Waals surface area contributed by atoms with Crippen LogP contribution in [0.15, 0.2) is 24.3 Å². The van der Waals surface area contributed by atoms with Gasteiger partial charge in [-0.05, 0) is 37.1 Å². The third kappa shape index (κ3) is 4.08. The Morgan fingerprint density at radius 2 is 2.00 bits per heavy atom. The topological polar surface area (TPSA) is 47.0 Å². The minimum absolute atomic E-state index is 0.0457. The summed E-state index contributed by atoms with van der Waals surface area (Å²) in [6.07, 6.45) is 0.974. The highest BCUT2D eigenvalue weighted by atomic mass is 19.1. The second kappa shape index (κ2) is 8.46. The molecule has 0 aliphatic carbocycles. The fourth-order valence-corrected chi connectivity index (χ4v) is 4.35. The van der Waals surface area contributed by atoms with Gasteiger partial charge in [0.1, 0.15) is 5.82 Å². The third-order valence-corrected chi connectivity index (χ3v) is 6.04. The summed E-state index contributed by atoms with van der Waals surface area (Å²) in [6.45, 7) is 7.81. The Balaban J connectivity index is 1.74. The normalized spacial score (nSPS) is 27.8. The Morgan fingerprint density at radius 1 is 1.27 bits per heavy atom. The van der Waals surface area contributed by atoms with Crippen molar-refractivity contribution in [3.05, 3.63) is 35.6 Å². The van der Waals surface area contributed by atoms with Crippen LogP contribution in [0.1, 0.15) is 23.7 Å². The van der Waals surface area contributed by atoms with Crippen molar-refractivity contribution in [2.24, 2.45) is 11.8 Å². The fraction of sp³-hybridized carbons (Fsp3) is 0.650. The number of aliphatic hydroxyl groups excluding tert-OH is 1. The number of amides is 1. The number of likely N-dealkylation sites (N-methyl/N-ethyl adjacent to an activating group) is 1. The number of carbonyl (C=O) groups is 1. The second-order valence-corrected chi connectivity index (χ2v) is 7.65. The van der Waals surface area contributed by atoms with Gasteiger partial charge < -0.3 is 19.8 Å². The zero-order valence-electron chi connectivity index (χ0n) is 15.8. The average molecular weight is 363 g/mol. The van der Waals surface area contributed by atoms with Crippen molar-refractivity contribution >= 4 is 5.91 Å². The van der Waals surface area contributed by atoms with Crippen molar-refractivity contribution in [3.8, 4) is 0 Å². The molecule has 6 heteroatoms. The van der Waals surface area contributed by atoms with Gasteiger partial charge in [-0.3, -0.25) is 4.79 Å². The van der Waals surface area contributed by atoms with Crippen molar-refractivity contribution in [2.75, 3.05) is 52.9 Å². The summed E-state index contributed by atoms with van der Waals surface area (Å²) in [6, 6.07) is 5.64. The minimum atomic E-state index is -0.406. The number of piperazine rings is 1. The van der Waals surface area contributed by atoms with E-state index in [9.17, 15) is 14.3 Å². The van der Waals surface area contributed by atoms with Crippen molar-refractivity contribution in [1.29, 1.82) is 0 Å². The van der Waals surface area contributed by atoms with E-state index < -0.39 is 5.82 Å². The number of hydrogen-bond acceptors (Lipinski definition) is 4. The van der Waals surface area contributed by atoms with Gasteiger partial charge in [0, 0.05) is 44.8 Å². The molecule has 1 amide bonds. The zero-order chi connectivity index (χ0) is 18.7. The lowest BCUT2D eigenvalue weighted by Crippen LogP contribution is -2.49. The monoisotopic (exact) mass is 363 g/mol. The summed E-state index contributed by atoms with van der Waals surface area (Å²) in [5.41, 5.74) is 0.360. The molecule has 0 bridgehead atoms. The van der Waals surface area contributed by atoms with Crippen LogP contribution in [0.25, 0.3) is 0 Å². The highest BCUT2D eigenvalue weighted by Gasteiger charge is 2.43. The largest absolute Gasteiger partial charge is 0.394 e. The van der Waals surface area contributed by atoms with Crippen molar-refractivity contribution in [1.82, 2.24) is 14.7 Å². The smallest absolute Gasteiger partial charge is 0.254 e. The van der Waals surface area contributed by atoms with E-state index in [0.29, 0.717) is 18.0 Å². The highest BCUT2D eigenvalue weighted by molar-refractivity contribution is 5.94. The van der Waals surface area contributed by atoms with Gasteiger partial charge in [0.25, 0.3) is 5.91 Å². The maximum absolute atomic E-state index is 13.5. The molecule has 2 aliphatic rings. The Bertz CT molecular complexity index is 619. The van der Waals surface area contributed by atoms with Gasteiger partial charge in [0.15, 0.2) is 0 Å². The van der Waals surface area contributed by atoms with Crippen LogP contribution in [0.4, 0.5) is 4.39 Å². The number of carbonyl (C=O) groups excluding carboxylic acids is 1. The summed E-state index contributed by atoms with van der Waals surface area (Å²) in [7, 11) is 2.14. The van der Waals surface area contributed by atoms with E-state index in [-0.39, 0.29) is 24.5 Å². The minimum Gasteiger partial charge on any atom is -0.394 e. The summed E-state index contributed by atoms with van der Waals surface area (Å²) in [4.78, 5) is 19.5. The quantitative estimate of drug-likeness (QED) is 0.862. The maximum Gasteiger partial charge on any atom is 0.254 e. The molecule has 144 valence electrons. The molecule has 3 rings (SSSR count). The number of nitrogens with zero attached hydrogens (tertiary/aromatic N) is 3. The van der Waals surface area contributed by atoms with Gasteiger partial charge in [-0.2, -0.15) is 0 Å². The molecule has 2 saturated heterocycles. The maximum atomic E-state index is 13.5. The molecule has 1 N–H and O–H groups in total. The van der Waals surface area contributed by atoms with E-state index in [2.05, 4.69) is 23.8 Å². The highest BCUT2D eigenvalue weighted by Crippen LogP contribution is 2.34. The van der Waals surface area contributed by atoms with E-state index in [1.165, 1.54) is 12.1 Å². The molecule has 0 radical (unpaired) electrons. The van der Waals surface area contributed by atoms with Crippen LogP contribution < -0.4 is 0 Å². The van der Waals surface area contributed by atoms with Gasteiger partial charge in [-0.1, -0.05) is 19.4 Å². The van der Waals surface area contributed by atoms with E-state index in [0.717, 1.165) is 39.1 Å². The summed E-state index contributed by atoms with van der Waals surface area (Å²) < 4.78 is 13.5. The SMILES string of the molecule is CC[C@@H]1CN(C(=O)c2cccc(F)c2)[C@H](CO)[C@@H]1CN1CCN(C)CC1. The molecule has 5 nitrogen and oxygen atoms in total.